The highest BCUT2D eigenvalue weighted by atomic mass is 32.1. The Balaban J connectivity index is 1.30. The van der Waals surface area contributed by atoms with Gasteiger partial charge in [0.15, 0.2) is 6.61 Å². The summed E-state index contributed by atoms with van der Waals surface area (Å²) >= 11 is 1.61. The number of aryl methyl sites for hydroxylation is 3. The third-order valence-electron chi connectivity index (χ3n) is 5.43. The van der Waals surface area contributed by atoms with Crippen LogP contribution in [0.4, 0.5) is 0 Å². The summed E-state index contributed by atoms with van der Waals surface area (Å²) in [7, 11) is 0. The van der Waals surface area contributed by atoms with Crippen LogP contribution in [-0.2, 0) is 4.79 Å². The lowest BCUT2D eigenvalue weighted by Gasteiger charge is -2.31. The quantitative estimate of drug-likeness (QED) is 0.613. The van der Waals surface area contributed by atoms with Crippen LogP contribution in [0.2, 0.25) is 0 Å². The molecule has 0 saturated carbocycles. The van der Waals surface area contributed by atoms with E-state index in [9.17, 15) is 4.79 Å². The SMILES string of the molecule is Cc1ccccc1OCC(=O)N1CCC(Oc2nc3c(C)ccc(C)c3s2)CC1. The molecule has 3 aromatic rings. The van der Waals surface area contributed by atoms with Crippen LogP contribution in [0.1, 0.15) is 29.5 Å². The van der Waals surface area contributed by atoms with Crippen LogP contribution in [0.3, 0.4) is 0 Å². The van der Waals surface area contributed by atoms with Crippen LogP contribution >= 0.6 is 11.3 Å². The molecule has 1 saturated heterocycles. The number of thiazole rings is 1. The third-order valence-corrected chi connectivity index (χ3v) is 6.51. The first kappa shape index (κ1) is 19.7. The van der Waals surface area contributed by atoms with E-state index >= 15 is 0 Å². The van der Waals surface area contributed by atoms with Gasteiger partial charge >= 0.3 is 0 Å². The zero-order valence-corrected chi connectivity index (χ0v) is 17.9. The van der Waals surface area contributed by atoms with Gasteiger partial charge in [-0.2, -0.15) is 0 Å². The molecule has 6 heteroatoms. The smallest absolute Gasteiger partial charge is 0.274 e. The van der Waals surface area contributed by atoms with Gasteiger partial charge in [-0.1, -0.05) is 41.7 Å². The van der Waals surface area contributed by atoms with Crippen molar-refractivity contribution in [1.82, 2.24) is 9.88 Å². The van der Waals surface area contributed by atoms with E-state index in [2.05, 4.69) is 31.0 Å². The maximum Gasteiger partial charge on any atom is 0.274 e. The number of para-hydroxylation sites is 1. The van der Waals surface area contributed by atoms with Gasteiger partial charge in [0, 0.05) is 25.9 Å². The number of benzene rings is 2. The van der Waals surface area contributed by atoms with Crippen LogP contribution in [-0.4, -0.2) is 41.6 Å². The van der Waals surface area contributed by atoms with Gasteiger partial charge in [0.1, 0.15) is 11.9 Å². The van der Waals surface area contributed by atoms with E-state index in [1.165, 1.54) is 15.8 Å². The highest BCUT2D eigenvalue weighted by Crippen LogP contribution is 2.33. The number of amides is 1. The number of hydrogen-bond acceptors (Lipinski definition) is 5. The van der Waals surface area contributed by atoms with Gasteiger partial charge in [-0.25, -0.2) is 4.98 Å². The lowest BCUT2D eigenvalue weighted by molar-refractivity contribution is -0.135. The van der Waals surface area contributed by atoms with Gasteiger partial charge in [0.05, 0.1) is 10.2 Å². The number of piperidine rings is 1. The second-order valence-corrected chi connectivity index (χ2v) is 8.57. The number of carbonyl (C=O) groups is 1. The number of rotatable bonds is 5. The summed E-state index contributed by atoms with van der Waals surface area (Å²) in [5, 5.41) is 0.727. The molecule has 0 N–H and O–H groups in total. The normalized spacial score (nSPS) is 14.9. The molecule has 1 fully saturated rings. The van der Waals surface area contributed by atoms with Crippen LogP contribution in [0.5, 0.6) is 10.9 Å². The summed E-state index contributed by atoms with van der Waals surface area (Å²) in [4.78, 5) is 19.0. The third kappa shape index (κ3) is 4.37. The standard InChI is InChI=1S/C23H26N2O3S/c1-15-6-4-5-7-19(15)27-14-20(26)25-12-10-18(11-13-25)28-23-24-21-16(2)8-9-17(3)22(21)29-23/h4-9,18H,10-14H2,1-3H3. The van der Waals surface area contributed by atoms with Gasteiger partial charge in [0.2, 0.25) is 0 Å². The van der Waals surface area contributed by atoms with Crippen molar-refractivity contribution >= 4 is 27.5 Å². The first-order valence-electron chi connectivity index (χ1n) is 10.0. The number of likely N-dealkylation sites (tertiary alicyclic amines) is 1. The molecule has 0 spiro atoms. The van der Waals surface area contributed by atoms with Crippen LogP contribution < -0.4 is 9.47 Å². The summed E-state index contributed by atoms with van der Waals surface area (Å²) in [5.41, 5.74) is 4.47. The molecule has 0 atom stereocenters. The highest BCUT2D eigenvalue weighted by molar-refractivity contribution is 7.20. The number of carbonyl (C=O) groups excluding carboxylic acids is 1. The van der Waals surface area contributed by atoms with E-state index in [-0.39, 0.29) is 18.6 Å². The average Bonchev–Trinajstić information content (AvgIpc) is 3.16. The fraction of sp³-hybridized carbons (Fsp3) is 0.391. The summed E-state index contributed by atoms with van der Waals surface area (Å²) in [6.45, 7) is 7.61. The minimum atomic E-state index is 0.0259. The predicted molar refractivity (Wildman–Crippen MR) is 116 cm³/mol. The van der Waals surface area contributed by atoms with Crippen LogP contribution in [0.25, 0.3) is 10.2 Å². The molecule has 5 nitrogen and oxygen atoms in total. The molecule has 1 aliphatic rings. The zero-order chi connectivity index (χ0) is 20.4. The van der Waals surface area contributed by atoms with Crippen molar-refractivity contribution < 1.29 is 14.3 Å². The van der Waals surface area contributed by atoms with Crippen molar-refractivity contribution in [3.8, 4) is 10.9 Å². The fourth-order valence-corrected chi connectivity index (χ4v) is 4.63. The van der Waals surface area contributed by atoms with Crippen LogP contribution in [0.15, 0.2) is 36.4 Å². The fourth-order valence-electron chi connectivity index (χ4n) is 3.60. The number of nitrogens with zero attached hydrogens (tertiary/aromatic N) is 2. The van der Waals surface area contributed by atoms with E-state index in [4.69, 9.17) is 9.47 Å². The molecule has 152 valence electrons. The molecule has 0 aliphatic carbocycles. The number of aromatic nitrogens is 1. The minimum Gasteiger partial charge on any atom is -0.484 e. The Kier molecular flexibility index (Phi) is 5.72. The number of fused-ring (bicyclic) bond motifs is 1. The Bertz CT molecular complexity index is 983. The lowest BCUT2D eigenvalue weighted by atomic mass is 10.1. The summed E-state index contributed by atoms with van der Waals surface area (Å²) in [6, 6.07) is 12.0. The second kappa shape index (κ2) is 8.41. The predicted octanol–water partition coefficient (Wildman–Crippen LogP) is 4.67. The molecule has 1 amide bonds. The molecule has 29 heavy (non-hydrogen) atoms. The van der Waals surface area contributed by atoms with Crippen molar-refractivity contribution in [2.45, 2.75) is 39.7 Å². The first-order chi connectivity index (χ1) is 14.0. The summed E-state index contributed by atoms with van der Waals surface area (Å²) in [6.07, 6.45) is 1.71. The van der Waals surface area contributed by atoms with Crippen molar-refractivity contribution in [2.75, 3.05) is 19.7 Å². The van der Waals surface area contributed by atoms with Gasteiger partial charge in [-0.05, 0) is 43.5 Å². The van der Waals surface area contributed by atoms with E-state index in [0.29, 0.717) is 13.1 Å². The van der Waals surface area contributed by atoms with Crippen LogP contribution in [0, 0.1) is 20.8 Å². The first-order valence-corrected chi connectivity index (χ1v) is 10.8. The molecule has 4 rings (SSSR count). The Morgan fingerprint density at radius 1 is 1.07 bits per heavy atom. The van der Waals surface area contributed by atoms with Gasteiger partial charge in [0.25, 0.3) is 11.1 Å². The monoisotopic (exact) mass is 410 g/mol. The molecule has 0 unspecified atom stereocenters. The number of ether oxygens (including phenoxy) is 2. The molecular formula is C23H26N2O3S. The van der Waals surface area contributed by atoms with E-state index < -0.39 is 0 Å². The van der Waals surface area contributed by atoms with Gasteiger partial charge < -0.3 is 14.4 Å². The van der Waals surface area contributed by atoms with Crippen molar-refractivity contribution in [1.29, 1.82) is 0 Å². The van der Waals surface area contributed by atoms with E-state index in [0.717, 1.165) is 34.9 Å². The average molecular weight is 411 g/mol. The highest BCUT2D eigenvalue weighted by Gasteiger charge is 2.25. The summed E-state index contributed by atoms with van der Waals surface area (Å²) < 4.78 is 13.1. The molecule has 1 aromatic heterocycles. The molecule has 1 aliphatic heterocycles. The van der Waals surface area contributed by atoms with Gasteiger partial charge in [-0.3, -0.25) is 4.79 Å². The number of hydrogen-bond donors (Lipinski definition) is 0. The van der Waals surface area contributed by atoms with Gasteiger partial charge in [-0.15, -0.1) is 0 Å². The Morgan fingerprint density at radius 3 is 2.52 bits per heavy atom. The Labute approximate surface area is 175 Å². The summed E-state index contributed by atoms with van der Waals surface area (Å²) in [5.74, 6) is 0.790. The molecule has 0 radical (unpaired) electrons. The van der Waals surface area contributed by atoms with E-state index in [1.54, 1.807) is 11.3 Å². The topological polar surface area (TPSA) is 51.7 Å². The Hall–Kier alpha value is -2.60. The maximum atomic E-state index is 12.5. The largest absolute Gasteiger partial charge is 0.484 e. The molecule has 0 bridgehead atoms. The van der Waals surface area contributed by atoms with Crippen molar-refractivity contribution in [3.63, 3.8) is 0 Å². The second-order valence-electron chi connectivity index (χ2n) is 7.61. The van der Waals surface area contributed by atoms with Crippen molar-refractivity contribution in [2.24, 2.45) is 0 Å². The molecule has 2 heterocycles. The minimum absolute atomic E-state index is 0.0259. The Morgan fingerprint density at radius 2 is 1.79 bits per heavy atom. The van der Waals surface area contributed by atoms with Crippen molar-refractivity contribution in [3.05, 3.63) is 53.1 Å². The molecule has 2 aromatic carbocycles. The maximum absolute atomic E-state index is 12.5. The molecular weight excluding hydrogens is 384 g/mol. The zero-order valence-electron chi connectivity index (χ0n) is 17.1. The lowest BCUT2D eigenvalue weighted by Crippen LogP contribution is -2.43. The van der Waals surface area contributed by atoms with E-state index in [1.807, 2.05) is 36.1 Å².